The molecule has 2 N–H and O–H groups in total. The van der Waals surface area contributed by atoms with Crippen LogP contribution in [0.1, 0.15) is 67.9 Å². The number of fused-ring (bicyclic) bond motifs is 1. The maximum Gasteiger partial charge on any atom is 0.307 e. The number of amides is 1. The number of aromatic nitrogens is 1. The number of nitrogens with zero attached hydrogens (tertiary/aromatic N) is 2. The summed E-state index contributed by atoms with van der Waals surface area (Å²) in [5.74, 6) is 3.78. The van der Waals surface area contributed by atoms with Crippen molar-refractivity contribution in [3.63, 3.8) is 0 Å². The predicted octanol–water partition coefficient (Wildman–Crippen LogP) is 3.75. The third kappa shape index (κ3) is 3.41. The minimum absolute atomic E-state index is 0.0582. The molecule has 1 amide bonds. The van der Waals surface area contributed by atoms with Crippen LogP contribution in [-0.2, 0) is 11.2 Å². The second-order valence-electron chi connectivity index (χ2n) is 11.3. The number of carbonyl (C=O) groups excluding carboxylic acids is 1. The first kappa shape index (κ1) is 20.5. The molecule has 0 aromatic carbocycles. The smallest absolute Gasteiger partial charge is 0.307 e. The van der Waals surface area contributed by atoms with E-state index in [1.165, 1.54) is 32.1 Å². The van der Waals surface area contributed by atoms with Crippen LogP contribution in [0.4, 0.5) is 5.82 Å². The number of hydrogen-bond donors (Lipinski definition) is 2. The van der Waals surface area contributed by atoms with E-state index in [4.69, 9.17) is 4.98 Å². The Morgan fingerprint density at radius 3 is 2.31 bits per heavy atom. The van der Waals surface area contributed by atoms with Gasteiger partial charge in [-0.15, -0.1) is 0 Å². The van der Waals surface area contributed by atoms with Crippen LogP contribution >= 0.6 is 0 Å². The molecule has 1 aromatic rings. The molecule has 4 bridgehead atoms. The van der Waals surface area contributed by atoms with Gasteiger partial charge in [-0.1, -0.05) is 13.3 Å². The van der Waals surface area contributed by atoms with Gasteiger partial charge in [0.05, 0.1) is 17.2 Å². The van der Waals surface area contributed by atoms with Crippen LogP contribution in [0, 0.1) is 41.4 Å². The minimum Gasteiger partial charge on any atom is -0.481 e. The summed E-state index contributed by atoms with van der Waals surface area (Å²) in [6.45, 7) is 3.69. The highest BCUT2D eigenvalue weighted by molar-refractivity contribution is 5.95. The normalized spacial score (nSPS) is 38.6. The molecule has 2 atom stereocenters. The Kier molecular flexibility index (Phi) is 4.96. The van der Waals surface area contributed by atoms with E-state index in [9.17, 15) is 14.7 Å². The molecular weight excluding hydrogens is 402 g/mol. The molecule has 6 nitrogen and oxygen atoms in total. The van der Waals surface area contributed by atoms with Gasteiger partial charge in [0, 0.05) is 19.1 Å². The summed E-state index contributed by atoms with van der Waals surface area (Å²) in [5, 5.41) is 12.7. The zero-order chi connectivity index (χ0) is 22.0. The number of pyridine rings is 1. The molecule has 1 aliphatic heterocycles. The molecule has 2 heterocycles. The molecule has 5 aliphatic carbocycles. The molecule has 2 unspecified atom stereocenters. The fraction of sp³-hybridized carbons (Fsp3) is 0.731. The average molecular weight is 438 g/mol. The van der Waals surface area contributed by atoms with Crippen molar-refractivity contribution < 1.29 is 14.7 Å². The van der Waals surface area contributed by atoms with Gasteiger partial charge in [0.2, 0.25) is 0 Å². The van der Waals surface area contributed by atoms with E-state index >= 15 is 0 Å². The van der Waals surface area contributed by atoms with Crippen molar-refractivity contribution >= 4 is 17.7 Å². The minimum atomic E-state index is -0.659. The lowest BCUT2D eigenvalue weighted by Crippen LogP contribution is -2.55. The highest BCUT2D eigenvalue weighted by atomic mass is 16.4. The first-order valence-corrected chi connectivity index (χ1v) is 12.8. The van der Waals surface area contributed by atoms with E-state index in [0.717, 1.165) is 61.3 Å². The standard InChI is InChI=1S/C26H35N3O3/c1-2-3-4-21-18(5-6-22(27-21)29-12-19-20(13-29)23(19)26(31)32)25(30)28-24-16-8-14-7-15(10-16)11-17(24)9-14/h5-6,14-17,19-20,23-24H,2-4,7-13H2,1H3,(H,28,30)(H,31,32). The number of carbonyl (C=O) groups is 2. The molecule has 32 heavy (non-hydrogen) atoms. The quantitative estimate of drug-likeness (QED) is 0.679. The van der Waals surface area contributed by atoms with Gasteiger partial charge >= 0.3 is 5.97 Å². The van der Waals surface area contributed by atoms with E-state index < -0.39 is 5.97 Å². The highest BCUT2D eigenvalue weighted by Gasteiger charge is 2.60. The summed E-state index contributed by atoms with van der Waals surface area (Å²) < 4.78 is 0. The van der Waals surface area contributed by atoms with Gasteiger partial charge in [0.15, 0.2) is 0 Å². The molecule has 0 spiro atoms. The Labute approximate surface area is 190 Å². The van der Waals surface area contributed by atoms with Crippen molar-refractivity contribution in [3.05, 3.63) is 23.4 Å². The zero-order valence-corrected chi connectivity index (χ0v) is 19.0. The van der Waals surface area contributed by atoms with Gasteiger partial charge in [-0.25, -0.2) is 4.98 Å². The molecular formula is C26H35N3O3. The molecule has 1 aromatic heterocycles. The van der Waals surface area contributed by atoms with Crippen LogP contribution in [0.2, 0.25) is 0 Å². The Morgan fingerprint density at radius 2 is 1.72 bits per heavy atom. The number of nitrogens with one attached hydrogen (secondary N) is 1. The van der Waals surface area contributed by atoms with E-state index in [-0.39, 0.29) is 23.7 Å². The van der Waals surface area contributed by atoms with E-state index in [0.29, 0.717) is 17.9 Å². The number of unbranched alkanes of at least 4 members (excludes halogenated alkanes) is 1. The van der Waals surface area contributed by atoms with Gasteiger partial charge in [-0.05, 0) is 92.6 Å². The molecule has 6 fully saturated rings. The Balaban J connectivity index is 1.18. The SMILES string of the molecule is CCCCc1nc(N2CC3C(C2)C3C(=O)O)ccc1C(=O)NC1C2CC3CC(C2)CC1C3. The van der Waals surface area contributed by atoms with Crippen LogP contribution in [0.15, 0.2) is 12.1 Å². The molecule has 6 heteroatoms. The van der Waals surface area contributed by atoms with Crippen LogP contribution < -0.4 is 10.2 Å². The molecule has 1 saturated heterocycles. The van der Waals surface area contributed by atoms with Crippen LogP contribution in [0.5, 0.6) is 0 Å². The summed E-state index contributed by atoms with van der Waals surface area (Å²) in [6, 6.07) is 4.28. The monoisotopic (exact) mass is 437 g/mol. The second-order valence-corrected chi connectivity index (χ2v) is 11.3. The fourth-order valence-corrected chi connectivity index (χ4v) is 7.88. The Morgan fingerprint density at radius 1 is 1.06 bits per heavy atom. The van der Waals surface area contributed by atoms with Crippen molar-refractivity contribution in [2.75, 3.05) is 18.0 Å². The van der Waals surface area contributed by atoms with E-state index in [1.807, 2.05) is 12.1 Å². The van der Waals surface area contributed by atoms with Crippen molar-refractivity contribution in [2.24, 2.45) is 41.4 Å². The van der Waals surface area contributed by atoms with Crippen molar-refractivity contribution in [2.45, 2.75) is 64.3 Å². The maximum atomic E-state index is 13.4. The average Bonchev–Trinajstić information content (AvgIpc) is 3.28. The topological polar surface area (TPSA) is 82.5 Å². The van der Waals surface area contributed by atoms with Gasteiger partial charge in [-0.2, -0.15) is 0 Å². The van der Waals surface area contributed by atoms with Crippen molar-refractivity contribution in [1.82, 2.24) is 10.3 Å². The Hall–Kier alpha value is -2.11. The number of piperidine rings is 1. The number of aryl methyl sites for hydroxylation is 1. The molecule has 5 saturated carbocycles. The first-order valence-electron chi connectivity index (χ1n) is 12.8. The number of aliphatic carboxylic acids is 1. The zero-order valence-electron chi connectivity index (χ0n) is 19.0. The fourth-order valence-electron chi connectivity index (χ4n) is 7.88. The lowest BCUT2D eigenvalue weighted by Gasteiger charge is -2.54. The van der Waals surface area contributed by atoms with Gasteiger partial charge in [-0.3, -0.25) is 9.59 Å². The summed E-state index contributed by atoms with van der Waals surface area (Å²) in [6.07, 6.45) is 9.51. The van der Waals surface area contributed by atoms with Gasteiger partial charge < -0.3 is 15.3 Å². The number of carboxylic acids is 1. The second kappa shape index (κ2) is 7.74. The first-order chi connectivity index (χ1) is 15.5. The maximum absolute atomic E-state index is 13.4. The molecule has 172 valence electrons. The van der Waals surface area contributed by atoms with Crippen molar-refractivity contribution in [1.29, 1.82) is 0 Å². The third-order valence-electron chi connectivity index (χ3n) is 9.30. The molecule has 7 rings (SSSR count). The largest absolute Gasteiger partial charge is 0.481 e. The molecule has 0 radical (unpaired) electrons. The summed E-state index contributed by atoms with van der Waals surface area (Å²) in [4.78, 5) is 31.8. The highest BCUT2D eigenvalue weighted by Crippen LogP contribution is 2.54. The number of rotatable bonds is 7. The van der Waals surface area contributed by atoms with Gasteiger partial charge in [0.1, 0.15) is 5.82 Å². The van der Waals surface area contributed by atoms with E-state index in [1.54, 1.807) is 0 Å². The van der Waals surface area contributed by atoms with Gasteiger partial charge in [0.25, 0.3) is 5.91 Å². The summed E-state index contributed by atoms with van der Waals surface area (Å²) >= 11 is 0. The number of hydrogen-bond acceptors (Lipinski definition) is 4. The Bertz CT molecular complexity index is 891. The van der Waals surface area contributed by atoms with Crippen molar-refractivity contribution in [3.8, 4) is 0 Å². The lowest BCUT2D eigenvalue weighted by molar-refractivity contribution is -0.139. The summed E-state index contributed by atoms with van der Waals surface area (Å²) in [7, 11) is 0. The predicted molar refractivity (Wildman–Crippen MR) is 121 cm³/mol. The lowest BCUT2D eigenvalue weighted by atomic mass is 9.54. The number of carboxylic acid groups (broad SMARTS) is 1. The summed E-state index contributed by atoms with van der Waals surface area (Å²) in [5.41, 5.74) is 1.64. The van der Waals surface area contributed by atoms with Crippen LogP contribution in [0.3, 0.4) is 0 Å². The third-order valence-corrected chi connectivity index (χ3v) is 9.30. The van der Waals surface area contributed by atoms with Crippen LogP contribution in [0.25, 0.3) is 0 Å². The van der Waals surface area contributed by atoms with Crippen LogP contribution in [-0.4, -0.2) is 41.1 Å². The van der Waals surface area contributed by atoms with E-state index in [2.05, 4.69) is 17.1 Å². The number of anilines is 1. The molecule has 6 aliphatic rings.